The van der Waals surface area contributed by atoms with Crippen LogP contribution in [-0.2, 0) is 19.1 Å². The fraction of sp³-hybridized carbons (Fsp3) is 0.818. The monoisotopic (exact) mass is 368 g/mol. The summed E-state index contributed by atoms with van der Waals surface area (Å²) in [6.45, 7) is 5.27. The number of hydrogen-bond donors (Lipinski definition) is 0. The van der Waals surface area contributed by atoms with Crippen molar-refractivity contribution in [1.82, 2.24) is 0 Å². The molecule has 0 amide bonds. The lowest BCUT2D eigenvalue weighted by Crippen LogP contribution is -2.07. The standard InChI is InChI=1S/C22H40O4/c1-3-5-7-9-10-11-12-16-20-26-22(24)18-14-13-17-21(23)25-19-15-8-6-4-2/h6,8H,3-5,7,9-20H2,1-2H3/b8-6+. The van der Waals surface area contributed by atoms with Crippen LogP contribution in [0.25, 0.3) is 0 Å². The zero-order chi connectivity index (χ0) is 19.3. The molecule has 0 bridgehead atoms. The van der Waals surface area contributed by atoms with Crippen molar-refractivity contribution in [3.63, 3.8) is 0 Å². The summed E-state index contributed by atoms with van der Waals surface area (Å²) in [6, 6.07) is 0. The van der Waals surface area contributed by atoms with Gasteiger partial charge in [-0.3, -0.25) is 9.59 Å². The summed E-state index contributed by atoms with van der Waals surface area (Å²) in [5.41, 5.74) is 0. The number of unbranched alkanes of at least 4 members (excludes halogenated alkanes) is 8. The minimum Gasteiger partial charge on any atom is -0.466 e. The van der Waals surface area contributed by atoms with Gasteiger partial charge in [-0.1, -0.05) is 70.9 Å². The van der Waals surface area contributed by atoms with Crippen LogP contribution in [0.15, 0.2) is 12.2 Å². The van der Waals surface area contributed by atoms with Gasteiger partial charge in [-0.05, 0) is 32.1 Å². The molecule has 4 heteroatoms. The Bertz CT molecular complexity index is 363. The van der Waals surface area contributed by atoms with Crippen LogP contribution >= 0.6 is 0 Å². The molecule has 0 aromatic heterocycles. The summed E-state index contributed by atoms with van der Waals surface area (Å²) in [5.74, 6) is -0.326. The van der Waals surface area contributed by atoms with Crippen molar-refractivity contribution >= 4 is 11.9 Å². The van der Waals surface area contributed by atoms with Crippen LogP contribution in [0.5, 0.6) is 0 Å². The Kier molecular flexibility index (Phi) is 19.0. The molecule has 0 aromatic rings. The molecule has 0 aliphatic heterocycles. The van der Waals surface area contributed by atoms with E-state index in [1.165, 1.54) is 38.5 Å². The van der Waals surface area contributed by atoms with Gasteiger partial charge in [0.15, 0.2) is 0 Å². The molecule has 26 heavy (non-hydrogen) atoms. The Balaban J connectivity index is 3.33. The van der Waals surface area contributed by atoms with E-state index in [0.717, 1.165) is 25.7 Å². The third-order valence-electron chi connectivity index (χ3n) is 4.22. The smallest absolute Gasteiger partial charge is 0.305 e. The van der Waals surface area contributed by atoms with E-state index in [2.05, 4.69) is 19.9 Å². The molecular weight excluding hydrogens is 328 g/mol. The Morgan fingerprint density at radius 2 is 1.19 bits per heavy atom. The number of esters is 2. The second kappa shape index (κ2) is 20.0. The Morgan fingerprint density at radius 3 is 1.77 bits per heavy atom. The van der Waals surface area contributed by atoms with Crippen LogP contribution in [0, 0.1) is 0 Å². The summed E-state index contributed by atoms with van der Waals surface area (Å²) in [6.07, 6.45) is 17.9. The van der Waals surface area contributed by atoms with Crippen molar-refractivity contribution < 1.29 is 19.1 Å². The van der Waals surface area contributed by atoms with Crippen LogP contribution in [0.2, 0.25) is 0 Å². The summed E-state index contributed by atoms with van der Waals surface area (Å²) < 4.78 is 10.4. The molecule has 0 aliphatic carbocycles. The van der Waals surface area contributed by atoms with Gasteiger partial charge >= 0.3 is 11.9 Å². The van der Waals surface area contributed by atoms with E-state index in [9.17, 15) is 9.59 Å². The maximum Gasteiger partial charge on any atom is 0.305 e. The number of allylic oxidation sites excluding steroid dienone is 1. The SMILES string of the molecule is CC/C=C/CCOC(=O)CCCCC(=O)OCCCCCCCCCC. The molecule has 0 aromatic carbocycles. The lowest BCUT2D eigenvalue weighted by atomic mass is 10.1. The van der Waals surface area contributed by atoms with E-state index in [1.807, 2.05) is 6.08 Å². The molecule has 152 valence electrons. The molecule has 4 nitrogen and oxygen atoms in total. The second-order valence-corrected chi connectivity index (χ2v) is 6.79. The lowest BCUT2D eigenvalue weighted by Gasteiger charge is -2.05. The first-order chi connectivity index (χ1) is 12.7. The summed E-state index contributed by atoms with van der Waals surface area (Å²) in [4.78, 5) is 23.1. The molecule has 0 saturated heterocycles. The molecule has 0 unspecified atom stereocenters. The maximum absolute atomic E-state index is 11.6. The van der Waals surface area contributed by atoms with E-state index in [0.29, 0.717) is 38.9 Å². The van der Waals surface area contributed by atoms with Gasteiger partial charge in [-0.15, -0.1) is 0 Å². The number of rotatable bonds is 18. The Labute approximate surface area is 160 Å². The molecule has 0 saturated carbocycles. The second-order valence-electron chi connectivity index (χ2n) is 6.79. The predicted octanol–water partition coefficient (Wildman–Crippen LogP) is 6.13. The normalized spacial score (nSPS) is 11.0. The lowest BCUT2D eigenvalue weighted by molar-refractivity contribution is -0.145. The zero-order valence-electron chi connectivity index (χ0n) is 17.1. The molecule has 0 spiro atoms. The number of carbonyl (C=O) groups is 2. The first-order valence-corrected chi connectivity index (χ1v) is 10.7. The largest absolute Gasteiger partial charge is 0.466 e. The highest BCUT2D eigenvalue weighted by Gasteiger charge is 2.06. The Morgan fingerprint density at radius 1 is 0.654 bits per heavy atom. The Hall–Kier alpha value is -1.32. The average molecular weight is 369 g/mol. The van der Waals surface area contributed by atoms with E-state index in [-0.39, 0.29) is 11.9 Å². The molecule has 0 fully saturated rings. The highest BCUT2D eigenvalue weighted by molar-refractivity contribution is 5.70. The molecular formula is C22H40O4. The van der Waals surface area contributed by atoms with Gasteiger partial charge in [0, 0.05) is 12.8 Å². The number of hydrogen-bond acceptors (Lipinski definition) is 4. The van der Waals surface area contributed by atoms with Crippen LogP contribution < -0.4 is 0 Å². The van der Waals surface area contributed by atoms with E-state index in [4.69, 9.17) is 9.47 Å². The summed E-state index contributed by atoms with van der Waals surface area (Å²) >= 11 is 0. The molecule has 0 heterocycles. The fourth-order valence-corrected chi connectivity index (χ4v) is 2.63. The number of ether oxygens (including phenoxy) is 2. The first-order valence-electron chi connectivity index (χ1n) is 10.7. The van der Waals surface area contributed by atoms with Gasteiger partial charge in [0.1, 0.15) is 0 Å². The first kappa shape index (κ1) is 24.7. The van der Waals surface area contributed by atoms with Gasteiger partial charge in [-0.25, -0.2) is 0 Å². The highest BCUT2D eigenvalue weighted by Crippen LogP contribution is 2.09. The van der Waals surface area contributed by atoms with Gasteiger partial charge in [0.05, 0.1) is 13.2 Å². The average Bonchev–Trinajstić information content (AvgIpc) is 2.63. The van der Waals surface area contributed by atoms with E-state index < -0.39 is 0 Å². The van der Waals surface area contributed by atoms with Gasteiger partial charge < -0.3 is 9.47 Å². The third kappa shape index (κ3) is 19.0. The van der Waals surface area contributed by atoms with Crippen molar-refractivity contribution in [3.05, 3.63) is 12.2 Å². The van der Waals surface area contributed by atoms with Gasteiger partial charge in [0.25, 0.3) is 0 Å². The fourth-order valence-electron chi connectivity index (χ4n) is 2.63. The molecule has 0 atom stereocenters. The van der Waals surface area contributed by atoms with Crippen molar-refractivity contribution in [2.45, 2.75) is 104 Å². The minimum absolute atomic E-state index is 0.147. The number of carbonyl (C=O) groups excluding carboxylic acids is 2. The molecule has 0 rings (SSSR count). The van der Waals surface area contributed by atoms with Crippen molar-refractivity contribution in [2.75, 3.05) is 13.2 Å². The minimum atomic E-state index is -0.179. The molecule has 0 radical (unpaired) electrons. The van der Waals surface area contributed by atoms with E-state index in [1.54, 1.807) is 0 Å². The van der Waals surface area contributed by atoms with E-state index >= 15 is 0 Å². The van der Waals surface area contributed by atoms with Crippen LogP contribution in [0.1, 0.15) is 104 Å². The topological polar surface area (TPSA) is 52.6 Å². The van der Waals surface area contributed by atoms with Crippen LogP contribution in [0.4, 0.5) is 0 Å². The van der Waals surface area contributed by atoms with Crippen molar-refractivity contribution in [1.29, 1.82) is 0 Å². The van der Waals surface area contributed by atoms with Gasteiger partial charge in [0.2, 0.25) is 0 Å². The van der Waals surface area contributed by atoms with Crippen molar-refractivity contribution in [2.24, 2.45) is 0 Å². The van der Waals surface area contributed by atoms with Gasteiger partial charge in [-0.2, -0.15) is 0 Å². The van der Waals surface area contributed by atoms with Crippen LogP contribution in [-0.4, -0.2) is 25.2 Å². The highest BCUT2D eigenvalue weighted by atomic mass is 16.5. The predicted molar refractivity (Wildman–Crippen MR) is 107 cm³/mol. The maximum atomic E-state index is 11.6. The molecule has 0 N–H and O–H groups in total. The third-order valence-corrected chi connectivity index (χ3v) is 4.22. The molecule has 0 aliphatic rings. The zero-order valence-corrected chi connectivity index (χ0v) is 17.1. The summed E-state index contributed by atoms with van der Waals surface area (Å²) in [7, 11) is 0. The quantitative estimate of drug-likeness (QED) is 0.166. The van der Waals surface area contributed by atoms with Crippen LogP contribution in [0.3, 0.4) is 0 Å². The summed E-state index contributed by atoms with van der Waals surface area (Å²) in [5, 5.41) is 0. The van der Waals surface area contributed by atoms with Crippen molar-refractivity contribution in [3.8, 4) is 0 Å².